The summed E-state index contributed by atoms with van der Waals surface area (Å²) < 4.78 is 2.44. The number of aryl methyl sites for hydroxylation is 1. The van der Waals surface area contributed by atoms with Crippen LogP contribution in [0.25, 0.3) is 32.4 Å². The largest absolute Gasteiger partial charge is 0.398 e. The number of nitrogens with two attached hydrogens (primary N) is 2. The molecule has 0 saturated heterocycles. The van der Waals surface area contributed by atoms with Crippen LogP contribution in [-0.4, -0.2) is 27.7 Å². The first-order chi connectivity index (χ1) is 18.1. The molecule has 0 radical (unpaired) electrons. The van der Waals surface area contributed by atoms with E-state index in [0.29, 0.717) is 38.9 Å². The average Bonchev–Trinajstić information content (AvgIpc) is 3.28. The lowest BCUT2D eigenvalue weighted by atomic mass is 10.0. The average molecular weight is 527 g/mol. The Morgan fingerprint density at radius 1 is 1.24 bits per heavy atom. The molecule has 38 heavy (non-hydrogen) atoms. The lowest BCUT2D eigenvalue weighted by Gasteiger charge is -2.15. The third kappa shape index (κ3) is 5.20. The van der Waals surface area contributed by atoms with Gasteiger partial charge >= 0.3 is 0 Å². The fraction of sp³-hybridized carbons (Fsp3) is 0.172. The number of anilines is 1. The zero-order valence-electron chi connectivity index (χ0n) is 21.7. The summed E-state index contributed by atoms with van der Waals surface area (Å²) in [5.74, 6) is -0.176. The number of amides is 1. The second-order valence-electron chi connectivity index (χ2n) is 8.89. The van der Waals surface area contributed by atoms with Crippen LogP contribution in [0.4, 0.5) is 5.13 Å². The maximum absolute atomic E-state index is 13.4. The van der Waals surface area contributed by atoms with Gasteiger partial charge in [0.05, 0.1) is 22.1 Å². The van der Waals surface area contributed by atoms with Crippen LogP contribution in [0, 0.1) is 6.92 Å². The van der Waals surface area contributed by atoms with E-state index < -0.39 is 0 Å². The first-order valence-electron chi connectivity index (χ1n) is 12.0. The molecule has 0 spiro atoms. The Kier molecular flexibility index (Phi) is 7.70. The van der Waals surface area contributed by atoms with Crippen LogP contribution in [0.3, 0.4) is 0 Å². The monoisotopic (exact) mass is 526 g/mol. The van der Waals surface area contributed by atoms with E-state index in [1.807, 2.05) is 56.3 Å². The van der Waals surface area contributed by atoms with E-state index in [-0.39, 0.29) is 24.6 Å². The highest BCUT2D eigenvalue weighted by atomic mass is 32.1. The minimum absolute atomic E-state index is 0.154. The number of aliphatic imine (C=N–C) groups is 1. The quantitative estimate of drug-likeness (QED) is 0.224. The van der Waals surface area contributed by atoms with Crippen LogP contribution in [0.15, 0.2) is 77.1 Å². The van der Waals surface area contributed by atoms with E-state index in [1.165, 1.54) is 18.3 Å². The third-order valence-corrected chi connectivity index (χ3v) is 7.21. The van der Waals surface area contributed by atoms with Crippen molar-refractivity contribution < 1.29 is 4.79 Å². The van der Waals surface area contributed by atoms with Crippen LogP contribution < -0.4 is 22.3 Å². The highest BCUT2D eigenvalue weighted by Crippen LogP contribution is 2.29. The summed E-state index contributed by atoms with van der Waals surface area (Å²) in [6, 6.07) is 13.4. The Morgan fingerprint density at radius 3 is 2.68 bits per heavy atom. The van der Waals surface area contributed by atoms with Crippen molar-refractivity contribution in [2.24, 2.45) is 16.5 Å². The van der Waals surface area contributed by atoms with Crippen LogP contribution in [0.2, 0.25) is 0 Å². The minimum Gasteiger partial charge on any atom is -0.398 e. The van der Waals surface area contributed by atoms with Crippen molar-refractivity contribution >= 4 is 60.5 Å². The Morgan fingerprint density at radius 2 is 2.00 bits per heavy atom. The fourth-order valence-electron chi connectivity index (χ4n) is 4.33. The minimum atomic E-state index is -0.176. The number of rotatable bonds is 8. The normalized spacial score (nSPS) is 12.5. The number of fused-ring (bicyclic) bond motifs is 2. The Bertz CT molecular complexity index is 1720. The highest BCUT2D eigenvalue weighted by molar-refractivity contribution is 7.22. The number of carbonyl (C=O) groups excluding carboxylic acids is 1. The number of nitrogens with zero attached hydrogens (tertiary/aromatic N) is 3. The van der Waals surface area contributed by atoms with Gasteiger partial charge in [0.25, 0.3) is 5.56 Å². The summed E-state index contributed by atoms with van der Waals surface area (Å²) in [5, 5.41) is 4.73. The molecule has 4 aromatic rings. The van der Waals surface area contributed by atoms with Gasteiger partial charge in [-0.2, -0.15) is 0 Å². The van der Waals surface area contributed by atoms with Gasteiger partial charge in [-0.3, -0.25) is 19.1 Å². The molecular weight excluding hydrogens is 496 g/mol. The topological polar surface area (TPSA) is 128 Å². The molecule has 0 aliphatic heterocycles. The molecule has 0 aliphatic carbocycles. The molecule has 0 saturated carbocycles. The van der Waals surface area contributed by atoms with E-state index >= 15 is 0 Å². The van der Waals surface area contributed by atoms with E-state index in [0.717, 1.165) is 26.7 Å². The maximum atomic E-state index is 13.4. The molecule has 0 atom stereocenters. The van der Waals surface area contributed by atoms with Gasteiger partial charge in [0.1, 0.15) is 0 Å². The molecule has 9 heteroatoms. The lowest BCUT2D eigenvalue weighted by molar-refractivity contribution is -0.114. The van der Waals surface area contributed by atoms with Crippen molar-refractivity contribution in [3.8, 4) is 0 Å². The smallest absolute Gasteiger partial charge is 0.263 e. The number of benzene rings is 2. The van der Waals surface area contributed by atoms with Crippen LogP contribution in [0.5, 0.6) is 0 Å². The second-order valence-corrected chi connectivity index (χ2v) is 9.92. The van der Waals surface area contributed by atoms with Gasteiger partial charge in [-0.25, -0.2) is 4.98 Å². The molecule has 0 bridgehead atoms. The molecular formula is C29H30N6O2S. The number of pyridine rings is 1. The third-order valence-electron chi connectivity index (χ3n) is 6.28. The molecule has 8 nitrogen and oxygen atoms in total. The lowest BCUT2D eigenvalue weighted by Crippen LogP contribution is -2.23. The van der Waals surface area contributed by atoms with Gasteiger partial charge in [0, 0.05) is 41.8 Å². The van der Waals surface area contributed by atoms with Gasteiger partial charge in [0.15, 0.2) is 5.13 Å². The molecule has 2 heterocycles. The number of aromatic nitrogens is 2. The first kappa shape index (κ1) is 26.7. The second kappa shape index (κ2) is 11.0. The van der Waals surface area contributed by atoms with E-state index in [2.05, 4.69) is 23.5 Å². The maximum Gasteiger partial charge on any atom is 0.263 e. The Labute approximate surface area is 224 Å². The van der Waals surface area contributed by atoms with Crippen LogP contribution in [-0.2, 0) is 11.3 Å². The van der Waals surface area contributed by atoms with Crippen molar-refractivity contribution in [1.29, 1.82) is 0 Å². The summed E-state index contributed by atoms with van der Waals surface area (Å²) >= 11 is 1.37. The summed E-state index contributed by atoms with van der Waals surface area (Å²) in [6.07, 6.45) is 1.56. The van der Waals surface area contributed by atoms with Crippen molar-refractivity contribution in [3.05, 3.63) is 94.4 Å². The predicted octanol–water partition coefficient (Wildman–Crippen LogP) is 4.82. The van der Waals surface area contributed by atoms with Crippen molar-refractivity contribution in [1.82, 2.24) is 9.55 Å². The number of thiazole rings is 1. The van der Waals surface area contributed by atoms with Gasteiger partial charge in [-0.05, 0) is 54.6 Å². The van der Waals surface area contributed by atoms with Gasteiger partial charge < -0.3 is 16.8 Å². The van der Waals surface area contributed by atoms with E-state index in [9.17, 15) is 9.59 Å². The van der Waals surface area contributed by atoms with Crippen molar-refractivity contribution in [3.63, 3.8) is 0 Å². The van der Waals surface area contributed by atoms with Crippen LogP contribution in [0.1, 0.15) is 30.7 Å². The molecule has 1 amide bonds. The summed E-state index contributed by atoms with van der Waals surface area (Å²) in [6.45, 7) is 13.4. The molecule has 194 valence electrons. The summed E-state index contributed by atoms with van der Waals surface area (Å²) in [4.78, 5) is 34.0. The molecule has 2 aromatic carbocycles. The molecule has 2 aromatic heterocycles. The molecule has 5 N–H and O–H groups in total. The standard InChI is InChI=1S/C29H30N6O2S/c1-6-17(3)35-22(12-20-9-7-8-16(2)26(20)28(35)37)15-32-18(4)23(14-30)27(31)21-10-11-24-25(13-21)38-29(34-24)33-19(5)36/h6-13H,1,3,14-15,30-31H2,2,4-5H3,(H,33,34,36). The number of hydrogen-bond acceptors (Lipinski definition) is 7. The zero-order chi connectivity index (χ0) is 27.6. The zero-order valence-corrected chi connectivity index (χ0v) is 22.5. The summed E-state index contributed by atoms with van der Waals surface area (Å²) in [5.41, 5.74) is 18.0. The van der Waals surface area contributed by atoms with Gasteiger partial charge in [-0.15, -0.1) is 0 Å². The van der Waals surface area contributed by atoms with E-state index in [1.54, 1.807) is 10.6 Å². The predicted molar refractivity (Wildman–Crippen MR) is 159 cm³/mol. The number of allylic oxidation sites excluding steroid dienone is 2. The Balaban J connectivity index is 1.73. The number of nitrogens with one attached hydrogen (secondary N) is 1. The van der Waals surface area contributed by atoms with Crippen molar-refractivity contribution in [2.45, 2.75) is 27.3 Å². The van der Waals surface area contributed by atoms with Gasteiger partial charge in [-0.1, -0.05) is 48.8 Å². The Hall–Kier alpha value is -4.34. The first-order valence-corrected chi connectivity index (χ1v) is 12.8. The number of hydrogen-bond donors (Lipinski definition) is 3. The van der Waals surface area contributed by atoms with Gasteiger partial charge in [0.2, 0.25) is 5.91 Å². The fourth-order valence-corrected chi connectivity index (χ4v) is 5.28. The van der Waals surface area contributed by atoms with Crippen LogP contribution >= 0.6 is 11.3 Å². The molecule has 4 rings (SSSR count). The SMILES string of the molecule is C=CC(=C)n1c(CN=C(C)C(CN)=C(N)c2ccc3nc(NC(C)=O)sc3c2)cc2cccc(C)c2c1=O. The molecule has 0 fully saturated rings. The highest BCUT2D eigenvalue weighted by Gasteiger charge is 2.14. The molecule has 0 aliphatic rings. The van der Waals surface area contributed by atoms with Crippen molar-refractivity contribution in [2.75, 3.05) is 11.9 Å². The number of carbonyl (C=O) groups is 1. The van der Waals surface area contributed by atoms with E-state index in [4.69, 9.17) is 16.5 Å². The molecule has 0 unspecified atom stereocenters. The summed E-state index contributed by atoms with van der Waals surface area (Å²) in [7, 11) is 0.